The molecule has 1 fully saturated rings. The molecule has 5 heteroatoms. The molecule has 29 heavy (non-hydrogen) atoms. The number of nitrogens with one attached hydrogen (secondary N) is 1. The first kappa shape index (κ1) is 20.0. The van der Waals surface area contributed by atoms with E-state index in [0.29, 0.717) is 6.04 Å². The van der Waals surface area contributed by atoms with Gasteiger partial charge in [0, 0.05) is 37.3 Å². The van der Waals surface area contributed by atoms with Crippen molar-refractivity contribution in [2.45, 2.75) is 50.9 Å². The number of methoxy groups -OCH3 is 1. The Hall–Kier alpha value is -2.24. The van der Waals surface area contributed by atoms with E-state index in [0.717, 1.165) is 49.4 Å². The molecule has 4 rings (SSSR count). The Bertz CT molecular complexity index is 853. The van der Waals surface area contributed by atoms with Crippen molar-refractivity contribution in [2.75, 3.05) is 20.2 Å². The maximum atomic E-state index is 13.5. The number of hydrogen-bond acceptors (Lipinski definition) is 4. The monoisotopic (exact) mass is 395 g/mol. The minimum absolute atomic E-state index is 0.170. The molecule has 0 aromatic heterocycles. The molecule has 2 heterocycles. The first-order valence-corrected chi connectivity index (χ1v) is 10.5. The Labute approximate surface area is 172 Å². The quantitative estimate of drug-likeness (QED) is 0.825. The molecule has 4 nitrogen and oxygen atoms in total. The van der Waals surface area contributed by atoms with Crippen LogP contribution in [0.3, 0.4) is 0 Å². The average molecular weight is 396 g/mol. The van der Waals surface area contributed by atoms with Crippen LogP contribution in [0.25, 0.3) is 0 Å². The highest BCUT2D eigenvalue weighted by molar-refractivity contribution is 6.01. The van der Waals surface area contributed by atoms with Gasteiger partial charge in [-0.2, -0.15) is 0 Å². The molecule has 0 aliphatic carbocycles. The molecule has 0 bridgehead atoms. The molecule has 2 aromatic rings. The lowest BCUT2D eigenvalue weighted by Gasteiger charge is -2.46. The number of ether oxygens (including phenoxy) is 1. The normalized spacial score (nSPS) is 22.0. The smallest absolute Gasteiger partial charge is 0.123 e. The molecule has 1 N–H and O–H groups in total. The van der Waals surface area contributed by atoms with Crippen molar-refractivity contribution >= 4 is 5.71 Å². The highest BCUT2D eigenvalue weighted by Crippen LogP contribution is 2.35. The van der Waals surface area contributed by atoms with Crippen LogP contribution in [-0.4, -0.2) is 42.5 Å². The third-order valence-corrected chi connectivity index (χ3v) is 6.24. The van der Waals surface area contributed by atoms with E-state index in [1.807, 2.05) is 24.3 Å². The van der Waals surface area contributed by atoms with Gasteiger partial charge in [-0.15, -0.1) is 0 Å². The Morgan fingerprint density at radius 2 is 1.72 bits per heavy atom. The number of hydrogen-bond donors (Lipinski definition) is 1. The van der Waals surface area contributed by atoms with E-state index in [1.165, 1.54) is 17.7 Å². The van der Waals surface area contributed by atoms with Gasteiger partial charge in [-0.1, -0.05) is 24.3 Å². The van der Waals surface area contributed by atoms with Crippen molar-refractivity contribution < 1.29 is 9.13 Å². The van der Waals surface area contributed by atoms with Crippen molar-refractivity contribution in [3.63, 3.8) is 0 Å². The Kier molecular flexibility index (Phi) is 5.70. The van der Waals surface area contributed by atoms with Crippen molar-refractivity contribution in [3.8, 4) is 5.75 Å². The summed E-state index contributed by atoms with van der Waals surface area (Å²) < 4.78 is 18.8. The largest absolute Gasteiger partial charge is 0.497 e. The fraction of sp³-hybridized carbons (Fsp3) is 0.458. The summed E-state index contributed by atoms with van der Waals surface area (Å²) in [5, 5.41) is 3.86. The first-order chi connectivity index (χ1) is 14.0. The molecule has 2 aliphatic heterocycles. The van der Waals surface area contributed by atoms with Crippen molar-refractivity contribution in [2.24, 2.45) is 4.99 Å². The molecule has 154 valence electrons. The molecule has 0 unspecified atom stereocenters. The molecule has 0 saturated carbocycles. The number of rotatable bonds is 4. The molecular weight excluding hydrogens is 365 g/mol. The van der Waals surface area contributed by atoms with Crippen LogP contribution in [0, 0.1) is 5.82 Å². The van der Waals surface area contributed by atoms with E-state index in [9.17, 15) is 4.39 Å². The van der Waals surface area contributed by atoms with Crippen molar-refractivity contribution in [1.29, 1.82) is 0 Å². The second-order valence-electron chi connectivity index (χ2n) is 8.40. The number of nitrogens with zero attached hydrogens (tertiary/aromatic N) is 2. The topological polar surface area (TPSA) is 36.9 Å². The average Bonchev–Trinajstić information content (AvgIpc) is 2.74. The Morgan fingerprint density at radius 1 is 1.07 bits per heavy atom. The predicted molar refractivity (Wildman–Crippen MR) is 115 cm³/mol. The summed E-state index contributed by atoms with van der Waals surface area (Å²) in [6.07, 6.45) is 2.73. The zero-order valence-electron chi connectivity index (χ0n) is 17.5. The zero-order chi connectivity index (χ0) is 20.4. The molecule has 1 spiro atoms. The number of piperidine rings is 1. The van der Waals surface area contributed by atoms with Gasteiger partial charge in [0.25, 0.3) is 0 Å². The summed E-state index contributed by atoms with van der Waals surface area (Å²) in [6, 6.07) is 15.7. The van der Waals surface area contributed by atoms with Crippen LogP contribution in [0.4, 0.5) is 4.39 Å². The van der Waals surface area contributed by atoms with Gasteiger partial charge in [0.2, 0.25) is 0 Å². The van der Waals surface area contributed by atoms with Crippen LogP contribution in [0.15, 0.2) is 53.5 Å². The number of benzene rings is 2. The van der Waals surface area contributed by atoms with Gasteiger partial charge >= 0.3 is 0 Å². The van der Waals surface area contributed by atoms with Crippen molar-refractivity contribution in [3.05, 3.63) is 65.5 Å². The molecule has 2 aromatic carbocycles. The van der Waals surface area contributed by atoms with Gasteiger partial charge in [-0.25, -0.2) is 4.39 Å². The van der Waals surface area contributed by atoms with E-state index >= 15 is 0 Å². The maximum absolute atomic E-state index is 13.5. The summed E-state index contributed by atoms with van der Waals surface area (Å²) in [7, 11) is 1.69. The van der Waals surface area contributed by atoms with Crippen LogP contribution in [-0.2, 0) is 0 Å². The summed E-state index contributed by atoms with van der Waals surface area (Å²) in [5.74, 6) is 0.645. The summed E-state index contributed by atoms with van der Waals surface area (Å²) in [5.41, 5.74) is 3.03. The number of likely N-dealkylation sites (tertiary alicyclic amines) is 1. The van der Waals surface area contributed by atoms with E-state index in [-0.39, 0.29) is 17.5 Å². The second kappa shape index (κ2) is 8.25. The van der Waals surface area contributed by atoms with Crippen LogP contribution in [0.5, 0.6) is 5.75 Å². The highest BCUT2D eigenvalue weighted by Gasteiger charge is 2.40. The Balaban J connectivity index is 1.65. The minimum atomic E-state index is -0.266. The van der Waals surface area contributed by atoms with Crippen molar-refractivity contribution in [1.82, 2.24) is 10.2 Å². The van der Waals surface area contributed by atoms with E-state index in [2.05, 4.69) is 36.2 Å². The number of aliphatic imine (C=N–C) groups is 1. The standard InChI is InChI=1S/C24H30FN3O/c1-17(2)28-14-12-24(13-15-28)26-22(18-4-8-20(25)9-5-18)16-23(27-24)19-6-10-21(29-3)11-7-19/h4-11,17,23,27H,12-16H2,1-3H3/t23-/m1/s1. The molecular formula is C24H30FN3O. The summed E-state index contributed by atoms with van der Waals surface area (Å²) >= 11 is 0. The van der Waals surface area contributed by atoms with E-state index in [1.54, 1.807) is 7.11 Å². The molecule has 0 amide bonds. The van der Waals surface area contributed by atoms with E-state index in [4.69, 9.17) is 9.73 Å². The van der Waals surface area contributed by atoms with E-state index < -0.39 is 0 Å². The van der Waals surface area contributed by atoms with Gasteiger partial charge in [-0.3, -0.25) is 10.3 Å². The van der Waals surface area contributed by atoms with Crippen LogP contribution >= 0.6 is 0 Å². The number of halogens is 1. The van der Waals surface area contributed by atoms with Gasteiger partial charge in [0.1, 0.15) is 17.2 Å². The lowest BCUT2D eigenvalue weighted by Crippen LogP contribution is -2.56. The lowest BCUT2D eigenvalue weighted by atomic mass is 9.87. The third kappa shape index (κ3) is 4.36. The molecule has 1 saturated heterocycles. The van der Waals surface area contributed by atoms with Crippen LogP contribution in [0.1, 0.15) is 50.3 Å². The predicted octanol–water partition coefficient (Wildman–Crippen LogP) is 4.56. The van der Waals surface area contributed by atoms with Crippen LogP contribution in [0.2, 0.25) is 0 Å². The maximum Gasteiger partial charge on any atom is 0.123 e. The van der Waals surface area contributed by atoms with Gasteiger partial charge < -0.3 is 9.64 Å². The van der Waals surface area contributed by atoms with Crippen LogP contribution < -0.4 is 10.1 Å². The SMILES string of the molecule is COc1ccc([C@H]2CC(c3ccc(F)cc3)=NC3(CCN(C(C)C)CC3)N2)cc1. The third-order valence-electron chi connectivity index (χ3n) is 6.24. The highest BCUT2D eigenvalue weighted by atomic mass is 19.1. The first-order valence-electron chi connectivity index (χ1n) is 10.5. The lowest BCUT2D eigenvalue weighted by molar-refractivity contribution is 0.103. The summed E-state index contributed by atoms with van der Waals surface area (Å²) in [6.45, 7) is 6.56. The fourth-order valence-electron chi connectivity index (χ4n) is 4.43. The van der Waals surface area contributed by atoms with Gasteiger partial charge in [0.05, 0.1) is 7.11 Å². The second-order valence-corrected chi connectivity index (χ2v) is 8.40. The molecule has 0 radical (unpaired) electrons. The zero-order valence-corrected chi connectivity index (χ0v) is 17.5. The minimum Gasteiger partial charge on any atom is -0.497 e. The fourth-order valence-corrected chi connectivity index (χ4v) is 4.43. The molecule has 1 atom stereocenters. The van der Waals surface area contributed by atoms with Gasteiger partial charge in [-0.05, 0) is 62.1 Å². The van der Waals surface area contributed by atoms with Gasteiger partial charge in [0.15, 0.2) is 0 Å². The summed E-state index contributed by atoms with van der Waals surface area (Å²) in [4.78, 5) is 7.72. The molecule has 2 aliphatic rings. The Morgan fingerprint density at radius 3 is 2.31 bits per heavy atom.